The van der Waals surface area contributed by atoms with E-state index in [9.17, 15) is 38.7 Å². The number of rotatable bonds is 30. The van der Waals surface area contributed by atoms with E-state index < -0.39 is 35.3 Å². The summed E-state index contributed by atoms with van der Waals surface area (Å²) in [5.41, 5.74) is 2.57. The summed E-state index contributed by atoms with van der Waals surface area (Å²) in [6.45, 7) is 6.06. The van der Waals surface area contributed by atoms with Gasteiger partial charge < -0.3 is 41.2 Å². The van der Waals surface area contributed by atoms with Crippen LogP contribution in [0, 0.1) is 18.3 Å². The molecule has 0 unspecified atom stereocenters. The Morgan fingerprint density at radius 3 is 2.30 bits per heavy atom. The monoisotopic (exact) mass is 924 g/mol. The number of pyridine rings is 1. The Hall–Kier alpha value is -6.26. The number of carboxylic acids is 1. The van der Waals surface area contributed by atoms with Crippen LogP contribution in [0.1, 0.15) is 107 Å². The molecule has 0 bridgehead atoms. The van der Waals surface area contributed by atoms with E-state index in [1.54, 1.807) is 54.9 Å². The number of nitrogens with zero attached hydrogens (tertiary/aromatic N) is 1. The lowest BCUT2D eigenvalue weighted by Crippen LogP contribution is -2.49. The Bertz CT molecular complexity index is 2090. The molecule has 1 heterocycles. The smallest absolute Gasteiger partial charge is 0.323 e. The molecule has 1 aliphatic rings. The van der Waals surface area contributed by atoms with Crippen molar-refractivity contribution < 1.29 is 48.1 Å². The molecule has 2 atom stereocenters. The highest BCUT2D eigenvalue weighted by molar-refractivity contribution is 6.00. The summed E-state index contributed by atoms with van der Waals surface area (Å²) in [5, 5.41) is 23.7. The van der Waals surface area contributed by atoms with Crippen molar-refractivity contribution in [3.8, 4) is 0 Å². The second-order valence-electron chi connectivity index (χ2n) is 17.0. The van der Waals surface area contributed by atoms with Crippen LogP contribution in [-0.2, 0) is 44.7 Å². The highest BCUT2D eigenvalue weighted by Crippen LogP contribution is 2.40. The first-order valence-corrected chi connectivity index (χ1v) is 23.5. The summed E-state index contributed by atoms with van der Waals surface area (Å²) in [4.78, 5) is 96.7. The molecule has 1 saturated carbocycles. The molecular weight excluding hydrogens is 857 g/mol. The van der Waals surface area contributed by atoms with Crippen LogP contribution < -0.4 is 26.6 Å². The fourth-order valence-corrected chi connectivity index (χ4v) is 8.06. The molecule has 5 amide bonds. The predicted molar refractivity (Wildman–Crippen MR) is 256 cm³/mol. The van der Waals surface area contributed by atoms with Gasteiger partial charge in [-0.3, -0.25) is 33.8 Å². The summed E-state index contributed by atoms with van der Waals surface area (Å²) >= 11 is 0. The van der Waals surface area contributed by atoms with Crippen molar-refractivity contribution in [1.82, 2.24) is 20.9 Å². The molecular formula is C51H68N6O10. The van der Waals surface area contributed by atoms with Crippen molar-refractivity contribution in [3.63, 3.8) is 0 Å². The third-order valence-corrected chi connectivity index (χ3v) is 11.7. The summed E-state index contributed by atoms with van der Waals surface area (Å²) in [6, 6.07) is 16.3. The zero-order chi connectivity index (χ0) is 48.3. The number of hydrogen-bond donors (Lipinski definition) is 6. The van der Waals surface area contributed by atoms with Gasteiger partial charge in [0.1, 0.15) is 5.78 Å². The average Bonchev–Trinajstić information content (AvgIpc) is 3.31. The van der Waals surface area contributed by atoms with E-state index in [4.69, 9.17) is 9.47 Å². The van der Waals surface area contributed by atoms with Gasteiger partial charge in [-0.25, -0.2) is 4.79 Å². The van der Waals surface area contributed by atoms with Crippen molar-refractivity contribution in [1.29, 1.82) is 0 Å². The number of ketones is 2. The van der Waals surface area contributed by atoms with Crippen LogP contribution in [0.2, 0.25) is 0 Å². The second kappa shape index (κ2) is 29.4. The summed E-state index contributed by atoms with van der Waals surface area (Å²) in [6.07, 6.45) is 10.7. The van der Waals surface area contributed by atoms with Crippen LogP contribution >= 0.6 is 0 Å². The molecule has 3 aromatic rings. The standard InChI is InChI=1S/C51H68N6O10/c1-3-66-31-32-67-30-29-54-49(64)51(25-8-4-9-26-51)35-45(59)44(17-11-18-47(61)62)56-48(63)40(15-7-10-28-53-46(60)24-21-39-14-12-27-52-36-39)34-42(58)33-38-19-22-41(23-20-38)55-50(65)57-43-16-6-5-13-37(43)2/h5-6,12-14,16,19-24,27,36,40,44H,3-4,7-11,15,17-18,25-26,28-35H2,1-2H3,(H,53,60)(H,54,64)(H,56,63)(H,61,62)(H2,55,57,65)/b24-21+/t40-,44+/m1/s1. The summed E-state index contributed by atoms with van der Waals surface area (Å²) < 4.78 is 10.9. The number of unbranched alkanes of at least 4 members (excludes halogenated alkanes) is 1. The van der Waals surface area contributed by atoms with Gasteiger partial charge >= 0.3 is 12.0 Å². The van der Waals surface area contributed by atoms with Crippen LogP contribution in [0.3, 0.4) is 0 Å². The number of para-hydroxylation sites is 1. The van der Waals surface area contributed by atoms with Crippen LogP contribution in [0.5, 0.6) is 0 Å². The van der Waals surface area contributed by atoms with Crippen molar-refractivity contribution in [2.24, 2.45) is 11.3 Å². The number of aromatic nitrogens is 1. The van der Waals surface area contributed by atoms with E-state index in [-0.39, 0.29) is 81.5 Å². The number of carbonyl (C=O) groups is 7. The van der Waals surface area contributed by atoms with Gasteiger partial charge in [0.2, 0.25) is 17.7 Å². The Labute approximate surface area is 393 Å². The lowest BCUT2D eigenvalue weighted by atomic mass is 9.69. The number of aryl methyl sites for hydroxylation is 1. The summed E-state index contributed by atoms with van der Waals surface area (Å²) in [7, 11) is 0. The molecule has 6 N–H and O–H groups in total. The number of amides is 5. The molecule has 16 heteroatoms. The topological polar surface area (TPSA) is 231 Å². The van der Waals surface area contributed by atoms with Gasteiger partial charge in [0.25, 0.3) is 0 Å². The van der Waals surface area contributed by atoms with Crippen molar-refractivity contribution >= 4 is 58.7 Å². The van der Waals surface area contributed by atoms with E-state index in [0.29, 0.717) is 69.0 Å². The number of nitrogens with one attached hydrogen (secondary N) is 5. The maximum atomic E-state index is 14.3. The van der Waals surface area contributed by atoms with E-state index in [1.807, 2.05) is 38.1 Å². The summed E-state index contributed by atoms with van der Waals surface area (Å²) in [5.74, 6) is -3.53. The number of anilines is 2. The Kier molecular flexibility index (Phi) is 23.4. The molecule has 362 valence electrons. The highest BCUT2D eigenvalue weighted by Gasteiger charge is 2.42. The molecule has 67 heavy (non-hydrogen) atoms. The van der Waals surface area contributed by atoms with Gasteiger partial charge in [0.05, 0.1) is 31.3 Å². The molecule has 0 saturated heterocycles. The zero-order valence-corrected chi connectivity index (χ0v) is 38.9. The van der Waals surface area contributed by atoms with Crippen LogP contribution in [-0.4, -0.2) is 96.9 Å². The number of benzene rings is 2. The van der Waals surface area contributed by atoms with Crippen molar-refractivity contribution in [2.45, 2.75) is 110 Å². The maximum absolute atomic E-state index is 14.3. The molecule has 4 rings (SSSR count). The molecule has 2 aromatic carbocycles. The first-order chi connectivity index (χ1) is 32.4. The van der Waals surface area contributed by atoms with Gasteiger partial charge in [0, 0.05) is 81.1 Å². The second-order valence-corrected chi connectivity index (χ2v) is 17.0. The quantitative estimate of drug-likeness (QED) is 0.0295. The maximum Gasteiger partial charge on any atom is 0.323 e. The minimum Gasteiger partial charge on any atom is -0.481 e. The van der Waals surface area contributed by atoms with Gasteiger partial charge in [-0.05, 0) is 99.4 Å². The lowest BCUT2D eigenvalue weighted by Gasteiger charge is -2.36. The van der Waals surface area contributed by atoms with Gasteiger partial charge in [0.15, 0.2) is 5.78 Å². The molecule has 0 spiro atoms. The average molecular weight is 925 g/mol. The van der Waals surface area contributed by atoms with Crippen molar-refractivity contribution in [3.05, 3.63) is 95.8 Å². The SMILES string of the molecule is CCOCCOCCNC(=O)C1(CC(=O)[C@H](CCCC(=O)O)NC(=O)[C@H](CCCCNC(=O)/C=C/c2cccnc2)CC(=O)Cc2ccc(NC(=O)Nc3ccccc3C)cc2)CCCCC1. The first kappa shape index (κ1) is 53.4. The third kappa shape index (κ3) is 20.0. The zero-order valence-electron chi connectivity index (χ0n) is 38.9. The Balaban J connectivity index is 1.43. The highest BCUT2D eigenvalue weighted by atomic mass is 16.5. The third-order valence-electron chi connectivity index (χ3n) is 11.7. The number of carboxylic acid groups (broad SMARTS) is 1. The predicted octanol–water partition coefficient (Wildman–Crippen LogP) is 6.97. The van der Waals surface area contributed by atoms with E-state index in [2.05, 4.69) is 31.6 Å². The van der Waals surface area contributed by atoms with Gasteiger partial charge in [-0.2, -0.15) is 0 Å². The van der Waals surface area contributed by atoms with Gasteiger partial charge in [-0.1, -0.05) is 62.1 Å². The Morgan fingerprint density at radius 2 is 1.58 bits per heavy atom. The number of aliphatic carboxylic acids is 1. The number of hydrogen-bond acceptors (Lipinski definition) is 10. The van der Waals surface area contributed by atoms with Crippen LogP contribution in [0.4, 0.5) is 16.2 Å². The molecule has 0 radical (unpaired) electrons. The molecule has 0 aliphatic heterocycles. The number of Topliss-reactive ketones (excluding diaryl/α,β-unsaturated/α-hetero) is 2. The fourth-order valence-electron chi connectivity index (χ4n) is 8.06. The first-order valence-electron chi connectivity index (χ1n) is 23.5. The number of urea groups is 1. The minimum absolute atomic E-state index is 0.00888. The van der Waals surface area contributed by atoms with Gasteiger partial charge in [-0.15, -0.1) is 0 Å². The van der Waals surface area contributed by atoms with Crippen molar-refractivity contribution in [2.75, 3.05) is 50.2 Å². The Morgan fingerprint density at radius 1 is 0.821 bits per heavy atom. The molecule has 1 aromatic heterocycles. The van der Waals surface area contributed by atoms with Crippen LogP contribution in [0.15, 0.2) is 79.1 Å². The molecule has 1 fully saturated rings. The normalized spacial score (nSPS) is 14.1. The largest absolute Gasteiger partial charge is 0.481 e. The lowest BCUT2D eigenvalue weighted by molar-refractivity contribution is -0.140. The van der Waals surface area contributed by atoms with E-state index in [1.165, 1.54) is 6.08 Å². The fraction of sp³-hybridized carbons (Fsp3) is 0.490. The number of carbonyl (C=O) groups excluding carboxylic acids is 6. The molecule has 1 aliphatic carbocycles. The van der Waals surface area contributed by atoms with E-state index >= 15 is 0 Å². The van der Waals surface area contributed by atoms with Crippen LogP contribution in [0.25, 0.3) is 6.08 Å². The molecule has 16 nitrogen and oxygen atoms in total. The van der Waals surface area contributed by atoms with E-state index in [0.717, 1.165) is 30.4 Å². The minimum atomic E-state index is -1.08. The number of ether oxygens (including phenoxy) is 2.